The van der Waals surface area contributed by atoms with Crippen molar-refractivity contribution in [2.75, 3.05) is 5.32 Å². The maximum absolute atomic E-state index is 13.4. The first-order valence-corrected chi connectivity index (χ1v) is 5.75. The molecule has 0 atom stereocenters. The Labute approximate surface area is 110 Å². The van der Waals surface area contributed by atoms with Gasteiger partial charge in [-0.25, -0.2) is 13.8 Å². The molecule has 0 aliphatic heterocycles. The molecular weight excluding hydrogens is 306 g/mol. The van der Waals surface area contributed by atoms with Crippen LogP contribution in [0.3, 0.4) is 0 Å². The smallest absolute Gasteiger partial charge is 0.262 e. The summed E-state index contributed by atoms with van der Waals surface area (Å²) in [6.45, 7) is 0. The largest absolute Gasteiger partial charge is 0.306 e. The Kier molecular flexibility index (Phi) is 3.66. The number of aromatic nitrogens is 1. The van der Waals surface area contributed by atoms with Crippen molar-refractivity contribution < 1.29 is 13.6 Å². The van der Waals surface area contributed by atoms with Gasteiger partial charge >= 0.3 is 0 Å². The van der Waals surface area contributed by atoms with Crippen LogP contribution in [0.15, 0.2) is 41.0 Å². The first-order valence-electron chi connectivity index (χ1n) is 4.96. The third kappa shape index (κ3) is 2.70. The van der Waals surface area contributed by atoms with Crippen LogP contribution in [0.25, 0.3) is 0 Å². The summed E-state index contributed by atoms with van der Waals surface area (Å²) >= 11 is 3.13. The quantitative estimate of drug-likeness (QED) is 0.864. The number of hydrogen-bond donors (Lipinski definition) is 1. The zero-order valence-corrected chi connectivity index (χ0v) is 10.5. The number of halogens is 3. The van der Waals surface area contributed by atoms with E-state index >= 15 is 0 Å². The molecule has 0 aliphatic carbocycles. The van der Waals surface area contributed by atoms with Crippen LogP contribution in [0.4, 0.5) is 14.6 Å². The Bertz CT molecular complexity index is 584. The molecule has 1 heterocycles. The summed E-state index contributed by atoms with van der Waals surface area (Å²) < 4.78 is 27.2. The lowest BCUT2D eigenvalue weighted by atomic mass is 10.2. The highest BCUT2D eigenvalue weighted by Crippen LogP contribution is 2.15. The van der Waals surface area contributed by atoms with Crippen molar-refractivity contribution >= 4 is 27.7 Å². The molecule has 0 radical (unpaired) electrons. The number of hydrogen-bond acceptors (Lipinski definition) is 2. The fourth-order valence-electron chi connectivity index (χ4n) is 1.37. The van der Waals surface area contributed by atoms with Gasteiger partial charge in [-0.1, -0.05) is 12.1 Å². The first-order chi connectivity index (χ1) is 8.58. The van der Waals surface area contributed by atoms with Gasteiger partial charge < -0.3 is 5.32 Å². The van der Waals surface area contributed by atoms with Crippen LogP contribution >= 0.6 is 15.9 Å². The van der Waals surface area contributed by atoms with Crippen LogP contribution in [0, 0.1) is 11.6 Å². The Morgan fingerprint density at radius 3 is 2.33 bits per heavy atom. The lowest BCUT2D eigenvalue weighted by Crippen LogP contribution is -2.16. The molecule has 0 saturated heterocycles. The Morgan fingerprint density at radius 2 is 1.72 bits per heavy atom. The van der Waals surface area contributed by atoms with Crippen molar-refractivity contribution in [2.24, 2.45) is 0 Å². The van der Waals surface area contributed by atoms with Gasteiger partial charge in [0, 0.05) is 0 Å². The summed E-state index contributed by atoms with van der Waals surface area (Å²) in [5.74, 6) is -2.50. The maximum Gasteiger partial charge on any atom is 0.262 e. The minimum Gasteiger partial charge on any atom is -0.306 e. The van der Waals surface area contributed by atoms with Gasteiger partial charge in [0.15, 0.2) is 0 Å². The van der Waals surface area contributed by atoms with Gasteiger partial charge in [0.1, 0.15) is 27.6 Å². The van der Waals surface area contributed by atoms with Crippen LogP contribution in [0.2, 0.25) is 0 Å². The van der Waals surface area contributed by atoms with E-state index < -0.39 is 23.1 Å². The van der Waals surface area contributed by atoms with E-state index in [0.717, 1.165) is 12.1 Å². The highest BCUT2D eigenvalue weighted by atomic mass is 79.9. The van der Waals surface area contributed by atoms with Gasteiger partial charge in [0.05, 0.1) is 0 Å². The average molecular weight is 313 g/mol. The van der Waals surface area contributed by atoms with Crippen molar-refractivity contribution in [3.05, 3.63) is 58.2 Å². The number of anilines is 1. The number of rotatable bonds is 2. The molecular formula is C12H7BrF2N2O. The first kappa shape index (κ1) is 12.6. The fourth-order valence-corrected chi connectivity index (χ4v) is 1.72. The third-order valence-corrected chi connectivity index (χ3v) is 2.59. The van der Waals surface area contributed by atoms with E-state index in [-0.39, 0.29) is 5.82 Å². The summed E-state index contributed by atoms with van der Waals surface area (Å²) in [7, 11) is 0. The predicted molar refractivity (Wildman–Crippen MR) is 66.2 cm³/mol. The van der Waals surface area contributed by atoms with E-state index in [0.29, 0.717) is 4.60 Å². The molecule has 18 heavy (non-hydrogen) atoms. The van der Waals surface area contributed by atoms with Crippen LogP contribution in [-0.2, 0) is 0 Å². The minimum absolute atomic E-state index is 0.206. The number of carbonyl (C=O) groups excluding carboxylic acids is 1. The second kappa shape index (κ2) is 5.22. The summed E-state index contributed by atoms with van der Waals surface area (Å²) in [5.41, 5.74) is -0.626. The monoisotopic (exact) mass is 312 g/mol. The summed E-state index contributed by atoms with van der Waals surface area (Å²) in [6.07, 6.45) is 0. The lowest BCUT2D eigenvalue weighted by molar-refractivity contribution is 0.101. The molecule has 1 aromatic heterocycles. The average Bonchev–Trinajstić information content (AvgIpc) is 2.28. The molecule has 0 saturated carbocycles. The number of benzene rings is 1. The van der Waals surface area contributed by atoms with Crippen molar-refractivity contribution in [3.8, 4) is 0 Å². The molecule has 0 aliphatic rings. The number of amides is 1. The topological polar surface area (TPSA) is 42.0 Å². The van der Waals surface area contributed by atoms with Crippen molar-refractivity contribution in [1.82, 2.24) is 4.98 Å². The second-order valence-corrected chi connectivity index (χ2v) is 4.21. The van der Waals surface area contributed by atoms with Crippen molar-refractivity contribution in [1.29, 1.82) is 0 Å². The van der Waals surface area contributed by atoms with Crippen LogP contribution in [0.5, 0.6) is 0 Å². The number of carbonyl (C=O) groups is 1. The molecule has 0 unspecified atom stereocenters. The van der Waals surface area contributed by atoms with Gasteiger partial charge in [0.2, 0.25) is 0 Å². The molecule has 2 rings (SSSR count). The Hall–Kier alpha value is -1.82. The summed E-state index contributed by atoms with van der Waals surface area (Å²) in [5, 5.41) is 2.32. The normalized spacial score (nSPS) is 10.2. The zero-order chi connectivity index (χ0) is 13.1. The predicted octanol–water partition coefficient (Wildman–Crippen LogP) is 3.37. The lowest BCUT2D eigenvalue weighted by Gasteiger charge is -2.06. The van der Waals surface area contributed by atoms with Gasteiger partial charge in [-0.05, 0) is 40.2 Å². The number of nitrogens with zero attached hydrogens (tertiary/aromatic N) is 1. The highest BCUT2D eigenvalue weighted by Gasteiger charge is 2.17. The zero-order valence-electron chi connectivity index (χ0n) is 8.95. The summed E-state index contributed by atoms with van der Waals surface area (Å²) in [4.78, 5) is 15.7. The van der Waals surface area contributed by atoms with E-state index in [1.165, 1.54) is 12.1 Å². The van der Waals surface area contributed by atoms with E-state index in [4.69, 9.17) is 0 Å². The fraction of sp³-hybridized carbons (Fsp3) is 0. The second-order valence-electron chi connectivity index (χ2n) is 3.40. The molecule has 3 nitrogen and oxygen atoms in total. The van der Waals surface area contributed by atoms with Crippen molar-refractivity contribution in [2.45, 2.75) is 0 Å². The molecule has 0 bridgehead atoms. The van der Waals surface area contributed by atoms with E-state index in [1.807, 2.05) is 0 Å². The molecule has 0 fully saturated rings. The van der Waals surface area contributed by atoms with Gasteiger partial charge in [-0.15, -0.1) is 0 Å². The molecule has 2 aromatic rings. The molecule has 1 aromatic carbocycles. The van der Waals surface area contributed by atoms with Gasteiger partial charge in [0.25, 0.3) is 5.91 Å². The van der Waals surface area contributed by atoms with Gasteiger partial charge in [-0.3, -0.25) is 4.79 Å². The Morgan fingerprint density at radius 1 is 1.11 bits per heavy atom. The highest BCUT2D eigenvalue weighted by molar-refractivity contribution is 9.10. The molecule has 6 heteroatoms. The summed E-state index contributed by atoms with van der Waals surface area (Å²) in [6, 6.07) is 8.06. The maximum atomic E-state index is 13.4. The molecule has 1 N–H and O–H groups in total. The van der Waals surface area contributed by atoms with Crippen LogP contribution < -0.4 is 5.32 Å². The molecule has 0 spiro atoms. The van der Waals surface area contributed by atoms with E-state index in [9.17, 15) is 13.6 Å². The van der Waals surface area contributed by atoms with Crippen molar-refractivity contribution in [3.63, 3.8) is 0 Å². The number of pyridine rings is 1. The molecule has 1 amide bonds. The van der Waals surface area contributed by atoms with Crippen LogP contribution in [-0.4, -0.2) is 10.9 Å². The SMILES string of the molecule is O=C(Nc1cccc(Br)n1)c1c(F)cccc1F. The van der Waals surface area contributed by atoms with E-state index in [2.05, 4.69) is 26.2 Å². The number of nitrogens with one attached hydrogen (secondary N) is 1. The van der Waals surface area contributed by atoms with Gasteiger partial charge in [-0.2, -0.15) is 0 Å². The Balaban J connectivity index is 2.28. The third-order valence-electron chi connectivity index (χ3n) is 2.15. The minimum atomic E-state index is -0.914. The standard InChI is InChI=1S/C12H7BrF2N2O/c13-9-5-2-6-10(16-9)17-12(18)11-7(14)3-1-4-8(11)15/h1-6H,(H,16,17,18). The molecule has 92 valence electrons. The van der Waals surface area contributed by atoms with E-state index in [1.54, 1.807) is 12.1 Å². The van der Waals surface area contributed by atoms with Crippen LogP contribution in [0.1, 0.15) is 10.4 Å².